The van der Waals surface area contributed by atoms with E-state index in [0.29, 0.717) is 11.5 Å². The molecule has 1 unspecified atom stereocenters. The van der Waals surface area contributed by atoms with E-state index in [-0.39, 0.29) is 5.97 Å². The number of hydrogen-bond donors (Lipinski definition) is 0. The van der Waals surface area contributed by atoms with Crippen LogP contribution in [-0.4, -0.2) is 13.1 Å². The van der Waals surface area contributed by atoms with E-state index >= 15 is 0 Å². The van der Waals surface area contributed by atoms with E-state index in [2.05, 4.69) is 18.6 Å². The standard InChI is InChI=1S/C14H20O2/c1-4-5-11(2)10-12-6-8-13(9-7-12)14(15)16-3/h6-9,11H,4-5,10H2,1-3H3. The van der Waals surface area contributed by atoms with Crippen LogP contribution in [0.5, 0.6) is 0 Å². The van der Waals surface area contributed by atoms with Crippen molar-refractivity contribution in [2.75, 3.05) is 7.11 Å². The molecule has 0 amide bonds. The van der Waals surface area contributed by atoms with Crippen LogP contribution in [0.4, 0.5) is 0 Å². The quantitative estimate of drug-likeness (QED) is 0.710. The Balaban J connectivity index is 2.61. The molecule has 0 aliphatic rings. The molecule has 0 saturated carbocycles. The van der Waals surface area contributed by atoms with Gasteiger partial charge in [0, 0.05) is 0 Å². The van der Waals surface area contributed by atoms with Crippen LogP contribution in [0.3, 0.4) is 0 Å². The average molecular weight is 220 g/mol. The maximum atomic E-state index is 11.2. The minimum Gasteiger partial charge on any atom is -0.465 e. The molecule has 1 aromatic carbocycles. The van der Waals surface area contributed by atoms with Crippen molar-refractivity contribution >= 4 is 5.97 Å². The first-order valence-corrected chi connectivity index (χ1v) is 5.84. The number of methoxy groups -OCH3 is 1. The van der Waals surface area contributed by atoms with Gasteiger partial charge in [-0.15, -0.1) is 0 Å². The summed E-state index contributed by atoms with van der Waals surface area (Å²) < 4.78 is 4.66. The maximum Gasteiger partial charge on any atom is 0.337 e. The summed E-state index contributed by atoms with van der Waals surface area (Å²) in [4.78, 5) is 11.2. The van der Waals surface area contributed by atoms with E-state index in [9.17, 15) is 4.79 Å². The van der Waals surface area contributed by atoms with Crippen molar-refractivity contribution in [2.24, 2.45) is 5.92 Å². The SMILES string of the molecule is CCCC(C)Cc1ccc(C(=O)OC)cc1. The minimum atomic E-state index is -0.270. The van der Waals surface area contributed by atoms with Gasteiger partial charge in [0.1, 0.15) is 0 Å². The number of carbonyl (C=O) groups excluding carboxylic acids is 1. The molecule has 0 aliphatic carbocycles. The zero-order valence-corrected chi connectivity index (χ0v) is 10.3. The molecule has 0 bridgehead atoms. The first kappa shape index (κ1) is 12.8. The molecule has 0 N–H and O–H groups in total. The lowest BCUT2D eigenvalue weighted by Crippen LogP contribution is -2.02. The highest BCUT2D eigenvalue weighted by Crippen LogP contribution is 2.14. The van der Waals surface area contributed by atoms with Crippen molar-refractivity contribution in [2.45, 2.75) is 33.1 Å². The van der Waals surface area contributed by atoms with Gasteiger partial charge in [0.2, 0.25) is 0 Å². The number of carbonyl (C=O) groups is 1. The van der Waals surface area contributed by atoms with Crippen LogP contribution in [0.15, 0.2) is 24.3 Å². The zero-order valence-electron chi connectivity index (χ0n) is 10.3. The third kappa shape index (κ3) is 3.69. The fourth-order valence-electron chi connectivity index (χ4n) is 1.89. The van der Waals surface area contributed by atoms with E-state index in [1.807, 2.05) is 24.3 Å². The second-order valence-electron chi connectivity index (χ2n) is 4.29. The fourth-order valence-corrected chi connectivity index (χ4v) is 1.89. The van der Waals surface area contributed by atoms with Gasteiger partial charge in [-0.25, -0.2) is 4.79 Å². The molecule has 0 aromatic heterocycles. The Morgan fingerprint density at radius 2 is 1.94 bits per heavy atom. The van der Waals surface area contributed by atoms with Gasteiger partial charge in [-0.2, -0.15) is 0 Å². The maximum absolute atomic E-state index is 11.2. The average Bonchev–Trinajstić information content (AvgIpc) is 2.29. The summed E-state index contributed by atoms with van der Waals surface area (Å²) in [5.41, 5.74) is 1.91. The smallest absolute Gasteiger partial charge is 0.337 e. The Labute approximate surface area is 97.6 Å². The molecule has 0 fully saturated rings. The molecule has 16 heavy (non-hydrogen) atoms. The predicted molar refractivity (Wildman–Crippen MR) is 65.6 cm³/mol. The Kier molecular flexibility index (Phi) is 5.03. The Morgan fingerprint density at radius 1 is 1.31 bits per heavy atom. The molecule has 0 radical (unpaired) electrons. The number of ether oxygens (including phenoxy) is 1. The Morgan fingerprint density at radius 3 is 2.44 bits per heavy atom. The monoisotopic (exact) mass is 220 g/mol. The van der Waals surface area contributed by atoms with Gasteiger partial charge in [0.25, 0.3) is 0 Å². The van der Waals surface area contributed by atoms with Crippen LogP contribution in [-0.2, 0) is 11.2 Å². The molecule has 1 atom stereocenters. The Hall–Kier alpha value is -1.31. The normalized spacial score (nSPS) is 12.2. The first-order chi connectivity index (χ1) is 7.67. The van der Waals surface area contributed by atoms with E-state index < -0.39 is 0 Å². The van der Waals surface area contributed by atoms with Gasteiger partial charge in [-0.3, -0.25) is 0 Å². The van der Waals surface area contributed by atoms with Crippen molar-refractivity contribution in [3.8, 4) is 0 Å². The predicted octanol–water partition coefficient (Wildman–Crippen LogP) is 3.45. The minimum absolute atomic E-state index is 0.270. The van der Waals surface area contributed by atoms with E-state index in [0.717, 1.165) is 6.42 Å². The number of hydrogen-bond acceptors (Lipinski definition) is 2. The fraction of sp³-hybridized carbons (Fsp3) is 0.500. The van der Waals surface area contributed by atoms with Crippen molar-refractivity contribution in [1.82, 2.24) is 0 Å². The molecule has 0 saturated heterocycles. The van der Waals surface area contributed by atoms with Gasteiger partial charge >= 0.3 is 5.97 Å². The zero-order chi connectivity index (χ0) is 12.0. The van der Waals surface area contributed by atoms with Crippen molar-refractivity contribution in [1.29, 1.82) is 0 Å². The van der Waals surface area contributed by atoms with Crippen molar-refractivity contribution in [3.63, 3.8) is 0 Å². The summed E-state index contributed by atoms with van der Waals surface area (Å²) in [5.74, 6) is 0.433. The van der Waals surface area contributed by atoms with Crippen LogP contribution in [0.1, 0.15) is 42.6 Å². The second kappa shape index (κ2) is 6.31. The molecular formula is C14H20O2. The molecule has 0 aliphatic heterocycles. The number of benzene rings is 1. The molecule has 2 nitrogen and oxygen atoms in total. The summed E-state index contributed by atoms with van der Waals surface area (Å²) in [7, 11) is 1.40. The molecule has 1 aromatic rings. The van der Waals surface area contributed by atoms with Crippen LogP contribution in [0.2, 0.25) is 0 Å². The first-order valence-electron chi connectivity index (χ1n) is 5.84. The molecule has 0 spiro atoms. The summed E-state index contributed by atoms with van der Waals surface area (Å²) >= 11 is 0. The highest BCUT2D eigenvalue weighted by molar-refractivity contribution is 5.89. The van der Waals surface area contributed by atoms with Crippen molar-refractivity contribution in [3.05, 3.63) is 35.4 Å². The number of esters is 1. The van der Waals surface area contributed by atoms with Crippen molar-refractivity contribution < 1.29 is 9.53 Å². The summed E-state index contributed by atoms with van der Waals surface area (Å²) in [6.07, 6.45) is 3.55. The lowest BCUT2D eigenvalue weighted by atomic mass is 9.96. The molecule has 0 heterocycles. The highest BCUT2D eigenvalue weighted by Gasteiger charge is 2.06. The van der Waals surface area contributed by atoms with Gasteiger partial charge in [-0.05, 0) is 30.0 Å². The van der Waals surface area contributed by atoms with Gasteiger partial charge in [-0.1, -0.05) is 38.8 Å². The largest absolute Gasteiger partial charge is 0.465 e. The third-order valence-electron chi connectivity index (χ3n) is 2.74. The molecule has 88 valence electrons. The van der Waals surface area contributed by atoms with Gasteiger partial charge < -0.3 is 4.74 Å². The number of rotatable bonds is 5. The van der Waals surface area contributed by atoms with E-state index in [1.54, 1.807) is 0 Å². The summed E-state index contributed by atoms with van der Waals surface area (Å²) in [6.45, 7) is 4.47. The molecular weight excluding hydrogens is 200 g/mol. The lowest BCUT2D eigenvalue weighted by Gasteiger charge is -2.10. The second-order valence-corrected chi connectivity index (χ2v) is 4.29. The molecule has 2 heteroatoms. The third-order valence-corrected chi connectivity index (χ3v) is 2.74. The summed E-state index contributed by atoms with van der Waals surface area (Å²) in [6, 6.07) is 7.69. The molecule has 1 rings (SSSR count). The highest BCUT2D eigenvalue weighted by atomic mass is 16.5. The van der Waals surface area contributed by atoms with Crippen LogP contribution in [0.25, 0.3) is 0 Å². The van der Waals surface area contributed by atoms with E-state index in [4.69, 9.17) is 0 Å². The van der Waals surface area contributed by atoms with Gasteiger partial charge in [0.05, 0.1) is 12.7 Å². The van der Waals surface area contributed by atoms with Gasteiger partial charge in [0.15, 0.2) is 0 Å². The Bertz CT molecular complexity index is 327. The van der Waals surface area contributed by atoms with Crippen LogP contribution in [0, 0.1) is 5.92 Å². The lowest BCUT2D eigenvalue weighted by molar-refractivity contribution is 0.0600. The van der Waals surface area contributed by atoms with Crippen LogP contribution < -0.4 is 0 Å². The van der Waals surface area contributed by atoms with Crippen LogP contribution >= 0.6 is 0 Å². The topological polar surface area (TPSA) is 26.3 Å². The summed E-state index contributed by atoms with van der Waals surface area (Å²) in [5, 5.41) is 0. The van der Waals surface area contributed by atoms with E-state index in [1.165, 1.54) is 25.5 Å².